The molecule has 0 unspecified atom stereocenters. The van der Waals surface area contributed by atoms with Gasteiger partial charge in [0.15, 0.2) is 0 Å². The summed E-state index contributed by atoms with van der Waals surface area (Å²) in [6.07, 6.45) is 4.94. The first-order valence-electron chi connectivity index (χ1n) is 7.13. The molecule has 0 saturated heterocycles. The lowest BCUT2D eigenvalue weighted by atomic mass is 10.1. The Kier molecular flexibility index (Phi) is 4.41. The van der Waals surface area contributed by atoms with E-state index in [1.807, 2.05) is 23.7 Å². The Balaban J connectivity index is 1.52. The van der Waals surface area contributed by atoms with Crippen LogP contribution in [0.1, 0.15) is 23.6 Å². The minimum atomic E-state index is -0.164. The number of ether oxygens (including phenoxy) is 1. The highest BCUT2D eigenvalue weighted by molar-refractivity contribution is 6.42. The van der Waals surface area contributed by atoms with E-state index in [4.69, 9.17) is 27.9 Å². The Morgan fingerprint density at radius 3 is 3.00 bits per heavy atom. The fraction of sp³-hybridized carbons (Fsp3) is 0.375. The topological polar surface area (TPSA) is 44.1 Å². The molecule has 22 heavy (non-hydrogen) atoms. The molecule has 116 valence electrons. The summed E-state index contributed by atoms with van der Waals surface area (Å²) in [4.78, 5) is 16.1. The SMILES string of the molecule is Cn1cncc1CCOC(=O)[C@@H]1C[C@H]1c1cccc(Cl)c1Cl. The number of esters is 1. The summed E-state index contributed by atoms with van der Waals surface area (Å²) in [5.74, 6) is -0.152. The Morgan fingerprint density at radius 1 is 1.45 bits per heavy atom. The molecular formula is C16H16Cl2N2O2. The number of benzene rings is 1. The van der Waals surface area contributed by atoms with Gasteiger partial charge in [-0.15, -0.1) is 0 Å². The van der Waals surface area contributed by atoms with Gasteiger partial charge in [-0.05, 0) is 24.0 Å². The first kappa shape index (κ1) is 15.4. The van der Waals surface area contributed by atoms with E-state index in [2.05, 4.69) is 4.98 Å². The third-order valence-electron chi connectivity index (χ3n) is 3.99. The van der Waals surface area contributed by atoms with Gasteiger partial charge in [0.25, 0.3) is 0 Å². The molecule has 2 atom stereocenters. The van der Waals surface area contributed by atoms with E-state index in [-0.39, 0.29) is 17.8 Å². The summed E-state index contributed by atoms with van der Waals surface area (Å²) in [5, 5.41) is 1.06. The Bertz CT molecular complexity index is 699. The highest BCUT2D eigenvalue weighted by Gasteiger charge is 2.46. The van der Waals surface area contributed by atoms with Crippen molar-refractivity contribution in [3.05, 3.63) is 52.0 Å². The summed E-state index contributed by atoms with van der Waals surface area (Å²) >= 11 is 12.2. The largest absolute Gasteiger partial charge is 0.465 e. The third kappa shape index (κ3) is 3.13. The second-order valence-electron chi connectivity index (χ2n) is 5.51. The number of imidazole rings is 1. The van der Waals surface area contributed by atoms with Crippen LogP contribution >= 0.6 is 23.2 Å². The van der Waals surface area contributed by atoms with Gasteiger partial charge in [0.2, 0.25) is 0 Å². The van der Waals surface area contributed by atoms with Gasteiger partial charge in [-0.25, -0.2) is 4.98 Å². The highest BCUT2D eigenvalue weighted by atomic mass is 35.5. The number of nitrogens with zero attached hydrogens (tertiary/aromatic N) is 2. The van der Waals surface area contributed by atoms with E-state index < -0.39 is 0 Å². The van der Waals surface area contributed by atoms with Crippen molar-refractivity contribution in [1.82, 2.24) is 9.55 Å². The first-order valence-corrected chi connectivity index (χ1v) is 7.89. The van der Waals surface area contributed by atoms with Crippen LogP contribution in [0.2, 0.25) is 10.0 Å². The van der Waals surface area contributed by atoms with Gasteiger partial charge in [-0.2, -0.15) is 0 Å². The second kappa shape index (κ2) is 6.31. The number of aryl methyl sites for hydroxylation is 1. The lowest BCUT2D eigenvalue weighted by molar-refractivity contribution is -0.145. The maximum absolute atomic E-state index is 12.1. The molecule has 3 rings (SSSR count). The zero-order chi connectivity index (χ0) is 15.7. The van der Waals surface area contributed by atoms with Gasteiger partial charge < -0.3 is 9.30 Å². The van der Waals surface area contributed by atoms with Crippen molar-refractivity contribution in [2.45, 2.75) is 18.8 Å². The molecule has 1 aromatic carbocycles. The fourth-order valence-corrected chi connectivity index (χ4v) is 3.04. The monoisotopic (exact) mass is 338 g/mol. The maximum Gasteiger partial charge on any atom is 0.309 e. The zero-order valence-electron chi connectivity index (χ0n) is 12.1. The lowest BCUT2D eigenvalue weighted by Gasteiger charge is -2.07. The molecule has 0 spiro atoms. The molecule has 6 heteroatoms. The number of halogens is 2. The number of hydrogen-bond acceptors (Lipinski definition) is 3. The van der Waals surface area contributed by atoms with Gasteiger partial charge in [0.1, 0.15) is 0 Å². The van der Waals surface area contributed by atoms with Gasteiger partial charge >= 0.3 is 5.97 Å². The average molecular weight is 339 g/mol. The normalized spacial score (nSPS) is 20.0. The Labute approximate surface area is 139 Å². The third-order valence-corrected chi connectivity index (χ3v) is 4.83. The van der Waals surface area contributed by atoms with Crippen LogP contribution in [0, 0.1) is 5.92 Å². The Hall–Kier alpha value is -1.52. The number of carbonyl (C=O) groups is 1. The van der Waals surface area contributed by atoms with Crippen molar-refractivity contribution in [3.63, 3.8) is 0 Å². The molecule has 4 nitrogen and oxygen atoms in total. The number of carbonyl (C=O) groups excluding carboxylic acids is 1. The van der Waals surface area contributed by atoms with Crippen LogP contribution in [-0.2, 0) is 23.0 Å². The molecule has 0 radical (unpaired) electrons. The maximum atomic E-state index is 12.1. The predicted molar refractivity (Wildman–Crippen MR) is 85.2 cm³/mol. The molecule has 0 aliphatic heterocycles. The first-order chi connectivity index (χ1) is 10.6. The molecule has 1 heterocycles. The minimum Gasteiger partial charge on any atom is -0.465 e. The molecule has 1 aliphatic rings. The van der Waals surface area contributed by atoms with E-state index in [9.17, 15) is 4.79 Å². The molecule has 0 N–H and O–H groups in total. The van der Waals surface area contributed by atoms with E-state index in [0.29, 0.717) is 23.1 Å². The summed E-state index contributed by atoms with van der Waals surface area (Å²) in [7, 11) is 1.92. The van der Waals surface area contributed by atoms with Crippen molar-refractivity contribution in [2.24, 2.45) is 13.0 Å². The van der Waals surface area contributed by atoms with Crippen LogP contribution in [0.3, 0.4) is 0 Å². The van der Waals surface area contributed by atoms with E-state index in [1.54, 1.807) is 18.6 Å². The van der Waals surface area contributed by atoms with Crippen molar-refractivity contribution >= 4 is 29.2 Å². The summed E-state index contributed by atoms with van der Waals surface area (Å²) in [6.45, 7) is 0.366. The van der Waals surface area contributed by atoms with E-state index in [0.717, 1.165) is 17.7 Å². The van der Waals surface area contributed by atoms with E-state index >= 15 is 0 Å². The molecule has 1 saturated carbocycles. The lowest BCUT2D eigenvalue weighted by Crippen LogP contribution is -2.11. The zero-order valence-corrected chi connectivity index (χ0v) is 13.6. The number of aromatic nitrogens is 2. The van der Waals surface area contributed by atoms with Crippen LogP contribution < -0.4 is 0 Å². The van der Waals surface area contributed by atoms with Crippen molar-refractivity contribution in [3.8, 4) is 0 Å². The predicted octanol–water partition coefficient (Wildman–Crippen LogP) is 3.62. The quantitative estimate of drug-likeness (QED) is 0.782. The van der Waals surface area contributed by atoms with Crippen molar-refractivity contribution in [2.75, 3.05) is 6.61 Å². The molecule has 1 aromatic heterocycles. The number of rotatable bonds is 5. The molecule has 2 aromatic rings. The summed E-state index contributed by atoms with van der Waals surface area (Å²) in [6, 6.07) is 5.52. The van der Waals surface area contributed by atoms with Gasteiger partial charge in [-0.3, -0.25) is 4.79 Å². The second-order valence-corrected chi connectivity index (χ2v) is 6.29. The standard InChI is InChI=1S/C16H16Cl2N2O2/c1-20-9-19-8-10(20)5-6-22-16(21)13-7-12(13)11-3-2-4-14(17)15(11)18/h2-4,8-9,12-13H,5-7H2,1H3/t12-,13+/m0/s1. The van der Waals surface area contributed by atoms with Crippen LogP contribution in [0.25, 0.3) is 0 Å². The molecular weight excluding hydrogens is 323 g/mol. The van der Waals surface area contributed by atoms with Crippen LogP contribution in [0.4, 0.5) is 0 Å². The molecule has 1 fully saturated rings. The summed E-state index contributed by atoms with van der Waals surface area (Å²) < 4.78 is 7.28. The van der Waals surface area contributed by atoms with Gasteiger partial charge in [-0.1, -0.05) is 35.3 Å². The van der Waals surface area contributed by atoms with Crippen LogP contribution in [0.5, 0.6) is 0 Å². The average Bonchev–Trinajstić information content (AvgIpc) is 3.19. The molecule has 1 aliphatic carbocycles. The fourth-order valence-electron chi connectivity index (χ4n) is 2.59. The van der Waals surface area contributed by atoms with Gasteiger partial charge in [0, 0.05) is 25.4 Å². The summed E-state index contributed by atoms with van der Waals surface area (Å²) in [5.41, 5.74) is 1.97. The Morgan fingerprint density at radius 2 is 2.27 bits per heavy atom. The van der Waals surface area contributed by atoms with E-state index in [1.165, 1.54) is 0 Å². The van der Waals surface area contributed by atoms with Crippen LogP contribution in [-0.4, -0.2) is 22.1 Å². The molecule has 0 bridgehead atoms. The number of hydrogen-bond donors (Lipinski definition) is 0. The van der Waals surface area contributed by atoms with Crippen molar-refractivity contribution in [1.29, 1.82) is 0 Å². The van der Waals surface area contributed by atoms with Crippen molar-refractivity contribution < 1.29 is 9.53 Å². The molecule has 0 amide bonds. The van der Waals surface area contributed by atoms with Crippen LogP contribution in [0.15, 0.2) is 30.7 Å². The van der Waals surface area contributed by atoms with Gasteiger partial charge in [0.05, 0.1) is 28.9 Å². The smallest absolute Gasteiger partial charge is 0.309 e. The highest BCUT2D eigenvalue weighted by Crippen LogP contribution is 2.51. The minimum absolute atomic E-state index is 0.109.